The van der Waals surface area contributed by atoms with Crippen LogP contribution in [0.3, 0.4) is 0 Å². The molecule has 0 saturated heterocycles. The van der Waals surface area contributed by atoms with Crippen molar-refractivity contribution in [3.8, 4) is 0 Å². The van der Waals surface area contributed by atoms with Crippen LogP contribution in [0.15, 0.2) is 0 Å². The maximum absolute atomic E-state index is 12.1. The molecule has 0 saturated carbocycles. The first-order valence-electron chi connectivity index (χ1n) is 12.4. The van der Waals surface area contributed by atoms with Crippen LogP contribution in [0.4, 0.5) is 0 Å². The van der Waals surface area contributed by atoms with Crippen molar-refractivity contribution in [1.29, 1.82) is 0 Å². The minimum absolute atomic E-state index is 0.0289. The Labute approximate surface area is 198 Å². The number of hydrogen-bond acceptors (Lipinski definition) is 3. The van der Waals surface area contributed by atoms with Crippen LogP contribution in [0, 0.1) is 0 Å². The van der Waals surface area contributed by atoms with Crippen molar-refractivity contribution in [2.24, 2.45) is 5.73 Å². The number of rotatable bonds is 22. The van der Waals surface area contributed by atoms with Crippen molar-refractivity contribution in [1.82, 2.24) is 5.32 Å². The van der Waals surface area contributed by atoms with Gasteiger partial charge in [-0.05, 0) is 25.7 Å². The Balaban J connectivity index is 3.37. The molecular weight excluding hydrogens is 491 g/mol. The van der Waals surface area contributed by atoms with Gasteiger partial charge in [0.15, 0.2) is 0 Å². The average molecular weight is 539 g/mol. The fourth-order valence-corrected chi connectivity index (χ4v) is 4.24. The summed E-state index contributed by atoms with van der Waals surface area (Å²) in [5, 5.41) is 11.7. The summed E-state index contributed by atoms with van der Waals surface area (Å²) in [4.78, 5) is 22.7. The molecule has 0 bridgehead atoms. The smallest absolute Gasteiger partial charge is 0.320 e. The topological polar surface area (TPSA) is 92.4 Å². The molecule has 4 N–H and O–H groups in total. The number of unbranched alkanes of at least 4 members (excludes halogenated alkanes) is 14. The molecule has 0 aliphatic rings. The normalized spacial score (nSPS) is 13.2. The summed E-state index contributed by atoms with van der Waals surface area (Å²) in [6.45, 7) is 2.87. The second-order valence-corrected chi connectivity index (χ2v) is 10.1. The highest BCUT2D eigenvalue weighted by molar-refractivity contribution is 14.1. The Kier molecular flexibility index (Phi) is 21.6. The number of hydrogen-bond donors (Lipinski definition) is 3. The monoisotopic (exact) mass is 538 g/mol. The van der Waals surface area contributed by atoms with Crippen molar-refractivity contribution in [2.75, 3.05) is 6.54 Å². The van der Waals surface area contributed by atoms with Crippen molar-refractivity contribution in [2.45, 2.75) is 132 Å². The average Bonchev–Trinajstić information content (AvgIpc) is 2.73. The molecule has 1 amide bonds. The second kappa shape index (κ2) is 21.8. The van der Waals surface area contributed by atoms with E-state index in [0.29, 0.717) is 13.0 Å². The fraction of sp³-hybridized carbons (Fsp3) is 0.917. The predicted molar refractivity (Wildman–Crippen MR) is 135 cm³/mol. The summed E-state index contributed by atoms with van der Waals surface area (Å²) in [5.74, 6) is -0.854. The largest absolute Gasteiger partial charge is 0.480 e. The number of nitrogens with two attached hydrogens (primary N) is 1. The zero-order valence-corrected chi connectivity index (χ0v) is 21.5. The molecule has 30 heavy (non-hydrogen) atoms. The fourth-order valence-electron chi connectivity index (χ4n) is 3.58. The Morgan fingerprint density at radius 2 is 1.20 bits per heavy atom. The van der Waals surface area contributed by atoms with Crippen molar-refractivity contribution >= 4 is 34.5 Å². The number of carbonyl (C=O) groups is 2. The first-order valence-corrected chi connectivity index (χ1v) is 13.6. The van der Waals surface area contributed by atoms with Gasteiger partial charge in [0.25, 0.3) is 0 Å². The molecule has 0 aromatic carbocycles. The third-order valence-corrected chi connectivity index (χ3v) is 6.84. The van der Waals surface area contributed by atoms with E-state index < -0.39 is 12.0 Å². The van der Waals surface area contributed by atoms with Gasteiger partial charge in [0.1, 0.15) is 6.04 Å². The lowest BCUT2D eigenvalue weighted by molar-refractivity contribution is -0.138. The number of carboxylic acids is 1. The van der Waals surface area contributed by atoms with Gasteiger partial charge >= 0.3 is 5.97 Å². The third kappa shape index (κ3) is 19.6. The molecule has 0 heterocycles. The quantitative estimate of drug-likeness (QED) is 0.0850. The highest BCUT2D eigenvalue weighted by Gasteiger charge is 2.14. The molecule has 1 unspecified atom stereocenters. The molecule has 0 aliphatic heterocycles. The van der Waals surface area contributed by atoms with E-state index in [2.05, 4.69) is 34.8 Å². The number of halogens is 1. The van der Waals surface area contributed by atoms with Gasteiger partial charge in [-0.2, -0.15) is 0 Å². The molecule has 6 heteroatoms. The SMILES string of the molecule is CCCCCCCCCCCCCCCCC(I)C(=O)NCCCC[C@H](N)C(=O)O. The van der Waals surface area contributed by atoms with Gasteiger partial charge in [0, 0.05) is 6.54 Å². The summed E-state index contributed by atoms with van der Waals surface area (Å²) in [6.07, 6.45) is 21.8. The molecule has 0 spiro atoms. The molecule has 2 atom stereocenters. The van der Waals surface area contributed by atoms with Gasteiger partial charge in [-0.1, -0.05) is 119 Å². The van der Waals surface area contributed by atoms with Gasteiger partial charge < -0.3 is 16.2 Å². The van der Waals surface area contributed by atoms with Crippen LogP contribution in [0.1, 0.15) is 122 Å². The highest BCUT2D eigenvalue weighted by atomic mass is 127. The standard InChI is InChI=1S/C24H47IN2O3/c1-2-3-4-5-6-7-8-9-10-11-12-13-14-15-18-21(25)23(28)27-20-17-16-19-22(26)24(29)30/h21-22H,2-20,26H2,1H3,(H,27,28)(H,29,30)/t21?,22-/m0/s1. The van der Waals surface area contributed by atoms with E-state index in [0.717, 1.165) is 25.7 Å². The van der Waals surface area contributed by atoms with Crippen LogP contribution in [0.5, 0.6) is 0 Å². The van der Waals surface area contributed by atoms with Crippen molar-refractivity contribution in [3.05, 3.63) is 0 Å². The minimum atomic E-state index is -0.959. The zero-order chi connectivity index (χ0) is 22.5. The lowest BCUT2D eigenvalue weighted by atomic mass is 10.0. The maximum Gasteiger partial charge on any atom is 0.320 e. The Morgan fingerprint density at radius 3 is 1.67 bits per heavy atom. The molecule has 0 fully saturated rings. The molecule has 0 aromatic heterocycles. The Morgan fingerprint density at radius 1 is 0.767 bits per heavy atom. The van der Waals surface area contributed by atoms with Gasteiger partial charge in [0.05, 0.1) is 3.92 Å². The van der Waals surface area contributed by atoms with Gasteiger partial charge in [-0.25, -0.2) is 0 Å². The summed E-state index contributed by atoms with van der Waals surface area (Å²) >= 11 is 2.24. The van der Waals surface area contributed by atoms with Gasteiger partial charge in [-0.15, -0.1) is 0 Å². The molecular formula is C24H47IN2O3. The molecule has 0 radical (unpaired) electrons. The van der Waals surface area contributed by atoms with E-state index in [9.17, 15) is 9.59 Å². The van der Waals surface area contributed by atoms with Crippen LogP contribution < -0.4 is 11.1 Å². The van der Waals surface area contributed by atoms with Crippen molar-refractivity contribution < 1.29 is 14.7 Å². The van der Waals surface area contributed by atoms with Crippen LogP contribution in [-0.2, 0) is 9.59 Å². The van der Waals surface area contributed by atoms with E-state index in [4.69, 9.17) is 10.8 Å². The Hall–Kier alpha value is -0.370. The van der Waals surface area contributed by atoms with Crippen molar-refractivity contribution in [3.63, 3.8) is 0 Å². The zero-order valence-electron chi connectivity index (χ0n) is 19.3. The number of alkyl halides is 1. The summed E-state index contributed by atoms with van der Waals surface area (Å²) in [6, 6.07) is -0.793. The number of carboxylic acid groups (broad SMARTS) is 1. The lowest BCUT2D eigenvalue weighted by Gasteiger charge is -2.11. The van der Waals surface area contributed by atoms with Crippen LogP contribution in [0.25, 0.3) is 0 Å². The predicted octanol–water partition coefficient (Wildman–Crippen LogP) is 6.36. The van der Waals surface area contributed by atoms with Crippen LogP contribution in [-0.4, -0.2) is 33.5 Å². The molecule has 0 aliphatic carbocycles. The summed E-state index contributed by atoms with van der Waals surface area (Å²) < 4.78 is 0.0289. The van der Waals surface area contributed by atoms with Crippen LogP contribution >= 0.6 is 22.6 Å². The first-order chi connectivity index (χ1) is 14.5. The molecule has 178 valence electrons. The van der Waals surface area contributed by atoms with E-state index in [1.807, 2.05) is 0 Å². The van der Waals surface area contributed by atoms with E-state index in [1.54, 1.807) is 0 Å². The molecule has 5 nitrogen and oxygen atoms in total. The van der Waals surface area contributed by atoms with E-state index in [1.165, 1.54) is 83.5 Å². The number of nitrogens with one attached hydrogen (secondary N) is 1. The lowest BCUT2D eigenvalue weighted by Crippen LogP contribution is -2.32. The van der Waals surface area contributed by atoms with E-state index in [-0.39, 0.29) is 9.83 Å². The summed E-state index contributed by atoms with van der Waals surface area (Å²) in [5.41, 5.74) is 5.46. The van der Waals surface area contributed by atoms with Gasteiger partial charge in [-0.3, -0.25) is 9.59 Å². The minimum Gasteiger partial charge on any atom is -0.480 e. The van der Waals surface area contributed by atoms with Crippen LogP contribution in [0.2, 0.25) is 0 Å². The third-order valence-electron chi connectivity index (χ3n) is 5.65. The first kappa shape index (κ1) is 29.6. The number of aliphatic carboxylic acids is 1. The molecule has 0 rings (SSSR count). The number of carbonyl (C=O) groups excluding carboxylic acids is 1. The van der Waals surface area contributed by atoms with E-state index >= 15 is 0 Å². The number of amides is 1. The molecule has 0 aromatic rings. The highest BCUT2D eigenvalue weighted by Crippen LogP contribution is 2.16. The second-order valence-electron chi connectivity index (χ2n) is 8.58. The van der Waals surface area contributed by atoms with Gasteiger partial charge in [0.2, 0.25) is 5.91 Å². The maximum atomic E-state index is 12.1. The Bertz CT molecular complexity index is 421. The summed E-state index contributed by atoms with van der Waals surface area (Å²) in [7, 11) is 0.